The van der Waals surface area contributed by atoms with Gasteiger partial charge in [0.1, 0.15) is 0 Å². The Bertz CT molecular complexity index is 956. The van der Waals surface area contributed by atoms with E-state index in [-0.39, 0.29) is 6.04 Å². The molecular formula is C25H28Cl2N2O. The molecule has 3 aromatic carbocycles. The third kappa shape index (κ3) is 6.40. The summed E-state index contributed by atoms with van der Waals surface area (Å²) < 4.78 is 5.46. The second-order valence-corrected chi connectivity index (χ2v) is 8.45. The first-order chi connectivity index (χ1) is 14.4. The van der Waals surface area contributed by atoms with Gasteiger partial charge in [0, 0.05) is 13.7 Å². The molecule has 1 atom stereocenters. The zero-order valence-corrected chi connectivity index (χ0v) is 19.1. The normalized spacial score (nSPS) is 11.9. The maximum atomic E-state index is 6.33. The standard InChI is InChI=1S/C25H28Cl2N2O/c1-17-4-8-19(9-5-17)12-21(16-30-3)29-25-14-23(27)22(26)13-24(25)28-15-20-10-6-18(2)7-11-20/h4-11,13-14,21,28-29H,12,15-16H2,1-3H3. The lowest BCUT2D eigenvalue weighted by molar-refractivity contribution is 0.185. The van der Waals surface area contributed by atoms with E-state index in [1.807, 2.05) is 12.1 Å². The predicted octanol–water partition coefficient (Wildman–Crippen LogP) is 6.89. The Morgan fingerprint density at radius 1 is 0.800 bits per heavy atom. The van der Waals surface area contributed by atoms with Crippen LogP contribution in [0.1, 0.15) is 22.3 Å². The van der Waals surface area contributed by atoms with Crippen LogP contribution >= 0.6 is 23.2 Å². The maximum Gasteiger partial charge on any atom is 0.0667 e. The molecule has 0 amide bonds. The molecule has 0 fully saturated rings. The first-order valence-electron chi connectivity index (χ1n) is 10.0. The van der Waals surface area contributed by atoms with Gasteiger partial charge < -0.3 is 15.4 Å². The Balaban J connectivity index is 1.78. The highest BCUT2D eigenvalue weighted by atomic mass is 35.5. The number of hydrogen-bond donors (Lipinski definition) is 2. The molecule has 0 saturated carbocycles. The van der Waals surface area contributed by atoms with Crippen molar-refractivity contribution in [1.82, 2.24) is 0 Å². The molecule has 3 rings (SSSR count). The smallest absolute Gasteiger partial charge is 0.0667 e. The largest absolute Gasteiger partial charge is 0.383 e. The van der Waals surface area contributed by atoms with E-state index >= 15 is 0 Å². The van der Waals surface area contributed by atoms with Crippen molar-refractivity contribution in [2.24, 2.45) is 0 Å². The third-order valence-electron chi connectivity index (χ3n) is 4.99. The third-order valence-corrected chi connectivity index (χ3v) is 5.72. The molecule has 158 valence electrons. The fourth-order valence-corrected chi connectivity index (χ4v) is 3.62. The Labute approximate surface area is 189 Å². The van der Waals surface area contributed by atoms with Gasteiger partial charge in [-0.3, -0.25) is 0 Å². The Morgan fingerprint density at radius 2 is 1.33 bits per heavy atom. The molecule has 0 saturated heterocycles. The number of ether oxygens (including phenoxy) is 1. The monoisotopic (exact) mass is 442 g/mol. The Morgan fingerprint density at radius 3 is 1.90 bits per heavy atom. The topological polar surface area (TPSA) is 33.3 Å². The maximum absolute atomic E-state index is 6.33. The highest BCUT2D eigenvalue weighted by Gasteiger charge is 2.14. The second kappa shape index (κ2) is 10.7. The fourth-order valence-electron chi connectivity index (χ4n) is 3.30. The summed E-state index contributed by atoms with van der Waals surface area (Å²) >= 11 is 12.6. The summed E-state index contributed by atoms with van der Waals surface area (Å²) in [5.74, 6) is 0. The van der Waals surface area contributed by atoms with Crippen molar-refractivity contribution in [3.8, 4) is 0 Å². The van der Waals surface area contributed by atoms with Crippen LogP contribution in [0.5, 0.6) is 0 Å². The molecule has 0 heterocycles. The van der Waals surface area contributed by atoms with Gasteiger partial charge in [-0.1, -0.05) is 82.9 Å². The minimum atomic E-state index is 0.0925. The number of methoxy groups -OCH3 is 1. The van der Waals surface area contributed by atoms with Crippen molar-refractivity contribution in [1.29, 1.82) is 0 Å². The van der Waals surface area contributed by atoms with Gasteiger partial charge in [-0.2, -0.15) is 0 Å². The molecule has 0 bridgehead atoms. The van der Waals surface area contributed by atoms with Crippen LogP contribution in [0.4, 0.5) is 11.4 Å². The highest BCUT2D eigenvalue weighted by Crippen LogP contribution is 2.33. The Hall–Kier alpha value is -2.20. The van der Waals surface area contributed by atoms with Crippen LogP contribution in [0.15, 0.2) is 60.7 Å². The van der Waals surface area contributed by atoms with Crippen LogP contribution in [-0.4, -0.2) is 19.8 Å². The minimum Gasteiger partial charge on any atom is -0.383 e. The average molecular weight is 443 g/mol. The SMILES string of the molecule is COCC(Cc1ccc(C)cc1)Nc1cc(Cl)c(Cl)cc1NCc1ccc(C)cc1. The molecular weight excluding hydrogens is 415 g/mol. The van der Waals surface area contributed by atoms with Gasteiger partial charge in [0.15, 0.2) is 0 Å². The lowest BCUT2D eigenvalue weighted by Gasteiger charge is -2.23. The van der Waals surface area contributed by atoms with Crippen LogP contribution in [0, 0.1) is 13.8 Å². The number of benzene rings is 3. The summed E-state index contributed by atoms with van der Waals surface area (Å²) in [5, 5.41) is 8.13. The first-order valence-corrected chi connectivity index (χ1v) is 10.8. The lowest BCUT2D eigenvalue weighted by Crippen LogP contribution is -2.28. The number of halogens is 2. The molecule has 3 nitrogen and oxygen atoms in total. The molecule has 5 heteroatoms. The van der Waals surface area contributed by atoms with Crippen molar-refractivity contribution in [3.63, 3.8) is 0 Å². The van der Waals surface area contributed by atoms with Crippen LogP contribution in [0.25, 0.3) is 0 Å². The molecule has 30 heavy (non-hydrogen) atoms. The van der Waals surface area contributed by atoms with E-state index in [1.54, 1.807) is 7.11 Å². The lowest BCUT2D eigenvalue weighted by atomic mass is 10.0. The number of aryl methyl sites for hydroxylation is 2. The van der Waals surface area contributed by atoms with Gasteiger partial charge >= 0.3 is 0 Å². The molecule has 0 aliphatic carbocycles. The van der Waals surface area contributed by atoms with Crippen molar-refractivity contribution in [2.45, 2.75) is 32.9 Å². The van der Waals surface area contributed by atoms with Crippen molar-refractivity contribution in [2.75, 3.05) is 24.4 Å². The summed E-state index contributed by atoms with van der Waals surface area (Å²) in [6.45, 7) is 5.45. The first kappa shape index (κ1) is 22.5. The van der Waals surface area contributed by atoms with E-state index in [1.165, 1.54) is 22.3 Å². The average Bonchev–Trinajstić information content (AvgIpc) is 2.72. The molecule has 3 aromatic rings. The molecule has 0 radical (unpaired) electrons. The fraction of sp³-hybridized carbons (Fsp3) is 0.280. The Kier molecular flexibility index (Phi) is 8.03. The van der Waals surface area contributed by atoms with E-state index in [0.717, 1.165) is 17.8 Å². The summed E-state index contributed by atoms with van der Waals surface area (Å²) in [6, 6.07) is 20.9. The zero-order chi connectivity index (χ0) is 21.5. The van der Waals surface area contributed by atoms with E-state index in [2.05, 4.69) is 73.0 Å². The summed E-state index contributed by atoms with van der Waals surface area (Å²) in [4.78, 5) is 0. The quantitative estimate of drug-likeness (QED) is 0.378. The van der Waals surface area contributed by atoms with Gasteiger partial charge in [0.2, 0.25) is 0 Å². The summed E-state index contributed by atoms with van der Waals surface area (Å²) in [6.07, 6.45) is 0.839. The van der Waals surface area contributed by atoms with Crippen LogP contribution < -0.4 is 10.6 Å². The molecule has 1 unspecified atom stereocenters. The molecule has 0 spiro atoms. The number of nitrogens with one attached hydrogen (secondary N) is 2. The number of rotatable bonds is 9. The second-order valence-electron chi connectivity index (χ2n) is 7.64. The molecule has 0 aliphatic heterocycles. The van der Waals surface area contributed by atoms with Gasteiger partial charge in [0.05, 0.1) is 34.1 Å². The number of hydrogen-bond acceptors (Lipinski definition) is 3. The number of anilines is 2. The highest BCUT2D eigenvalue weighted by molar-refractivity contribution is 6.42. The minimum absolute atomic E-state index is 0.0925. The van der Waals surface area contributed by atoms with Crippen LogP contribution in [0.2, 0.25) is 10.0 Å². The van der Waals surface area contributed by atoms with Gasteiger partial charge in [-0.15, -0.1) is 0 Å². The van der Waals surface area contributed by atoms with Crippen LogP contribution in [-0.2, 0) is 17.7 Å². The summed E-state index contributed by atoms with van der Waals surface area (Å²) in [5.41, 5.74) is 6.77. The predicted molar refractivity (Wildman–Crippen MR) is 129 cm³/mol. The molecule has 0 aliphatic rings. The van der Waals surface area contributed by atoms with E-state index in [4.69, 9.17) is 27.9 Å². The van der Waals surface area contributed by atoms with E-state index in [9.17, 15) is 0 Å². The van der Waals surface area contributed by atoms with Gasteiger partial charge in [0.25, 0.3) is 0 Å². The van der Waals surface area contributed by atoms with Gasteiger partial charge in [-0.05, 0) is 43.5 Å². The van der Waals surface area contributed by atoms with Crippen molar-refractivity contribution in [3.05, 3.63) is 93.0 Å². The summed E-state index contributed by atoms with van der Waals surface area (Å²) in [7, 11) is 1.72. The molecule has 2 N–H and O–H groups in total. The van der Waals surface area contributed by atoms with Crippen molar-refractivity contribution >= 4 is 34.6 Å². The zero-order valence-electron chi connectivity index (χ0n) is 17.6. The van der Waals surface area contributed by atoms with Gasteiger partial charge in [-0.25, -0.2) is 0 Å². The van der Waals surface area contributed by atoms with Crippen molar-refractivity contribution < 1.29 is 4.74 Å². The van der Waals surface area contributed by atoms with E-state index < -0.39 is 0 Å². The molecule has 0 aromatic heterocycles. The van der Waals surface area contributed by atoms with E-state index in [0.29, 0.717) is 23.2 Å². The van der Waals surface area contributed by atoms with Crippen LogP contribution in [0.3, 0.4) is 0 Å².